The zero-order chi connectivity index (χ0) is 10.9. The summed E-state index contributed by atoms with van der Waals surface area (Å²) in [6, 6.07) is 0. The zero-order valence-corrected chi connectivity index (χ0v) is 8.82. The van der Waals surface area contributed by atoms with E-state index in [0.717, 1.165) is 19.4 Å². The standard InChI is InChI=1S/C10H15NO4/c1-10(3-2-4-14-10)7-11-5-8(12)15-9(13)6-11/h2-7H2,1H3. The summed E-state index contributed by atoms with van der Waals surface area (Å²) in [6.07, 6.45) is 2.02. The summed E-state index contributed by atoms with van der Waals surface area (Å²) >= 11 is 0. The Morgan fingerprint density at radius 3 is 2.53 bits per heavy atom. The summed E-state index contributed by atoms with van der Waals surface area (Å²) in [5, 5.41) is 0. The van der Waals surface area contributed by atoms with E-state index in [1.807, 2.05) is 6.92 Å². The van der Waals surface area contributed by atoms with Gasteiger partial charge in [-0.15, -0.1) is 0 Å². The Kier molecular flexibility index (Phi) is 2.75. The van der Waals surface area contributed by atoms with E-state index in [1.54, 1.807) is 4.90 Å². The van der Waals surface area contributed by atoms with Gasteiger partial charge < -0.3 is 9.47 Å². The van der Waals surface area contributed by atoms with Crippen LogP contribution >= 0.6 is 0 Å². The number of ether oxygens (including phenoxy) is 2. The van der Waals surface area contributed by atoms with Gasteiger partial charge in [-0.25, -0.2) is 0 Å². The average Bonchev–Trinajstić information content (AvgIpc) is 2.49. The molecular weight excluding hydrogens is 198 g/mol. The number of rotatable bonds is 2. The summed E-state index contributed by atoms with van der Waals surface area (Å²) < 4.78 is 10.1. The molecule has 0 aromatic rings. The van der Waals surface area contributed by atoms with Crippen LogP contribution in [0.15, 0.2) is 0 Å². The third-order valence-corrected chi connectivity index (χ3v) is 2.79. The third-order valence-electron chi connectivity index (χ3n) is 2.79. The predicted molar refractivity (Wildman–Crippen MR) is 51.1 cm³/mol. The molecule has 84 valence electrons. The quantitative estimate of drug-likeness (QED) is 0.475. The molecule has 2 heterocycles. The van der Waals surface area contributed by atoms with E-state index in [4.69, 9.17) is 4.74 Å². The van der Waals surface area contributed by atoms with Crippen LogP contribution < -0.4 is 0 Å². The molecule has 2 aliphatic heterocycles. The van der Waals surface area contributed by atoms with E-state index in [2.05, 4.69) is 4.74 Å². The molecule has 5 heteroatoms. The van der Waals surface area contributed by atoms with Gasteiger partial charge in [0.05, 0.1) is 18.7 Å². The predicted octanol–water partition coefficient (Wildman–Crippen LogP) is -0.0591. The highest BCUT2D eigenvalue weighted by Gasteiger charge is 2.35. The van der Waals surface area contributed by atoms with Crippen molar-refractivity contribution in [1.82, 2.24) is 4.90 Å². The maximum atomic E-state index is 11.0. The van der Waals surface area contributed by atoms with Gasteiger partial charge >= 0.3 is 11.9 Å². The molecule has 0 aliphatic carbocycles. The first-order chi connectivity index (χ1) is 7.07. The molecule has 0 aromatic heterocycles. The largest absolute Gasteiger partial charge is 0.391 e. The molecule has 5 nitrogen and oxygen atoms in total. The van der Waals surface area contributed by atoms with Crippen molar-refractivity contribution in [1.29, 1.82) is 0 Å². The van der Waals surface area contributed by atoms with Crippen molar-refractivity contribution in [3.05, 3.63) is 0 Å². The van der Waals surface area contributed by atoms with Gasteiger partial charge in [0.25, 0.3) is 0 Å². The van der Waals surface area contributed by atoms with Gasteiger partial charge in [0.2, 0.25) is 0 Å². The molecule has 0 radical (unpaired) electrons. The van der Waals surface area contributed by atoms with Crippen molar-refractivity contribution in [3.8, 4) is 0 Å². The lowest BCUT2D eigenvalue weighted by Gasteiger charge is -2.32. The molecule has 0 spiro atoms. The minimum atomic E-state index is -0.465. The normalized spacial score (nSPS) is 33.1. The molecule has 2 aliphatic rings. The second kappa shape index (κ2) is 3.90. The molecule has 1 unspecified atom stereocenters. The Labute approximate surface area is 88.3 Å². The van der Waals surface area contributed by atoms with E-state index in [1.165, 1.54) is 0 Å². The van der Waals surface area contributed by atoms with Crippen LogP contribution in [0.2, 0.25) is 0 Å². The number of hydrogen-bond donors (Lipinski definition) is 0. The number of carbonyl (C=O) groups is 2. The fourth-order valence-corrected chi connectivity index (χ4v) is 2.16. The summed E-state index contributed by atoms with van der Waals surface area (Å²) in [5.74, 6) is -0.930. The summed E-state index contributed by atoms with van der Waals surface area (Å²) in [7, 11) is 0. The molecule has 2 saturated heterocycles. The monoisotopic (exact) mass is 213 g/mol. The smallest absolute Gasteiger partial charge is 0.327 e. The molecule has 15 heavy (non-hydrogen) atoms. The molecule has 1 atom stereocenters. The summed E-state index contributed by atoms with van der Waals surface area (Å²) in [4.78, 5) is 23.9. The molecule has 0 aromatic carbocycles. The van der Waals surface area contributed by atoms with Crippen LogP contribution in [-0.4, -0.2) is 48.7 Å². The highest BCUT2D eigenvalue weighted by atomic mass is 16.6. The minimum Gasteiger partial charge on any atom is -0.391 e. The fourth-order valence-electron chi connectivity index (χ4n) is 2.16. The van der Waals surface area contributed by atoms with Gasteiger partial charge in [-0.3, -0.25) is 14.5 Å². The van der Waals surface area contributed by atoms with E-state index in [0.29, 0.717) is 6.54 Å². The van der Waals surface area contributed by atoms with Gasteiger partial charge in [0.1, 0.15) is 0 Å². The van der Waals surface area contributed by atoms with Crippen LogP contribution in [0.3, 0.4) is 0 Å². The van der Waals surface area contributed by atoms with E-state index in [9.17, 15) is 9.59 Å². The Bertz CT molecular complexity index is 267. The highest BCUT2D eigenvalue weighted by molar-refractivity contribution is 5.90. The maximum Gasteiger partial charge on any atom is 0.327 e. The van der Waals surface area contributed by atoms with Crippen LogP contribution in [0.1, 0.15) is 19.8 Å². The van der Waals surface area contributed by atoms with Gasteiger partial charge in [0, 0.05) is 13.2 Å². The first kappa shape index (κ1) is 10.6. The highest BCUT2D eigenvalue weighted by Crippen LogP contribution is 2.26. The van der Waals surface area contributed by atoms with Crippen molar-refractivity contribution in [2.45, 2.75) is 25.4 Å². The second-order valence-corrected chi connectivity index (χ2v) is 4.39. The van der Waals surface area contributed by atoms with Crippen molar-refractivity contribution in [3.63, 3.8) is 0 Å². The van der Waals surface area contributed by atoms with Gasteiger partial charge in [-0.05, 0) is 19.8 Å². The number of morpholine rings is 1. The second-order valence-electron chi connectivity index (χ2n) is 4.39. The van der Waals surface area contributed by atoms with Crippen molar-refractivity contribution in [2.75, 3.05) is 26.2 Å². The Balaban J connectivity index is 1.93. The molecule has 0 bridgehead atoms. The van der Waals surface area contributed by atoms with Gasteiger partial charge in [-0.1, -0.05) is 0 Å². The van der Waals surface area contributed by atoms with Crippen LogP contribution in [0, 0.1) is 0 Å². The third kappa shape index (κ3) is 2.54. The molecule has 0 N–H and O–H groups in total. The maximum absolute atomic E-state index is 11.0. The number of esters is 2. The number of nitrogens with zero attached hydrogens (tertiary/aromatic N) is 1. The summed E-state index contributed by atoms with van der Waals surface area (Å²) in [6.45, 7) is 3.77. The van der Waals surface area contributed by atoms with Gasteiger partial charge in [0.15, 0.2) is 0 Å². The Hall–Kier alpha value is -0.940. The first-order valence-electron chi connectivity index (χ1n) is 5.17. The SMILES string of the molecule is CC1(CN2CC(=O)OC(=O)C2)CCCO1. The van der Waals surface area contributed by atoms with E-state index in [-0.39, 0.29) is 18.7 Å². The van der Waals surface area contributed by atoms with E-state index < -0.39 is 11.9 Å². The first-order valence-corrected chi connectivity index (χ1v) is 5.17. The minimum absolute atomic E-state index is 0.185. The summed E-state index contributed by atoms with van der Waals surface area (Å²) in [5.41, 5.74) is -0.210. The van der Waals surface area contributed by atoms with Crippen LogP contribution in [-0.2, 0) is 19.1 Å². The molecule has 0 saturated carbocycles. The topological polar surface area (TPSA) is 55.8 Å². The fraction of sp³-hybridized carbons (Fsp3) is 0.800. The van der Waals surface area contributed by atoms with Crippen LogP contribution in [0.4, 0.5) is 0 Å². The number of cyclic esters (lactones) is 2. The van der Waals surface area contributed by atoms with Gasteiger partial charge in [-0.2, -0.15) is 0 Å². The lowest BCUT2D eigenvalue weighted by Crippen LogP contribution is -2.49. The Morgan fingerprint density at radius 1 is 1.33 bits per heavy atom. The molecular formula is C10H15NO4. The zero-order valence-electron chi connectivity index (χ0n) is 8.82. The lowest BCUT2D eigenvalue weighted by atomic mass is 10.0. The van der Waals surface area contributed by atoms with Crippen LogP contribution in [0.25, 0.3) is 0 Å². The molecule has 2 rings (SSSR count). The molecule has 0 amide bonds. The van der Waals surface area contributed by atoms with Crippen molar-refractivity contribution >= 4 is 11.9 Å². The van der Waals surface area contributed by atoms with Crippen molar-refractivity contribution in [2.24, 2.45) is 0 Å². The Morgan fingerprint density at radius 2 is 2.00 bits per heavy atom. The number of carbonyl (C=O) groups excluding carboxylic acids is 2. The van der Waals surface area contributed by atoms with Crippen molar-refractivity contribution < 1.29 is 19.1 Å². The molecule has 2 fully saturated rings. The number of hydrogen-bond acceptors (Lipinski definition) is 5. The average molecular weight is 213 g/mol. The van der Waals surface area contributed by atoms with Crippen LogP contribution in [0.5, 0.6) is 0 Å². The van der Waals surface area contributed by atoms with E-state index >= 15 is 0 Å². The lowest BCUT2D eigenvalue weighted by molar-refractivity contribution is -0.168.